The van der Waals surface area contributed by atoms with Gasteiger partial charge in [-0.1, -0.05) is 56.5 Å². The largest absolute Gasteiger partial charge is 0.481 e. The van der Waals surface area contributed by atoms with E-state index >= 15 is 0 Å². The minimum absolute atomic E-state index is 0.121. The number of carbonyl (C=O) groups excluding carboxylic acids is 3. The molecule has 2 N–H and O–H groups in total. The van der Waals surface area contributed by atoms with Gasteiger partial charge in [0.25, 0.3) is 0 Å². The molecule has 3 aromatic carbocycles. The number of ether oxygens (including phenoxy) is 2. The van der Waals surface area contributed by atoms with Crippen LogP contribution < -0.4 is 19.7 Å². The van der Waals surface area contributed by atoms with E-state index in [-0.39, 0.29) is 12.3 Å². The van der Waals surface area contributed by atoms with E-state index in [0.29, 0.717) is 43.1 Å². The quantitative estimate of drug-likeness (QED) is 0.0708. The number of unbranched alkanes of at least 4 members (excludes halogenated alkanes) is 4. The molecule has 0 radical (unpaired) electrons. The van der Waals surface area contributed by atoms with Crippen molar-refractivity contribution in [2.24, 2.45) is 0 Å². The number of carbonyl (C=O) groups is 4. The van der Waals surface area contributed by atoms with E-state index in [1.807, 2.05) is 55.6 Å². The van der Waals surface area contributed by atoms with Crippen LogP contribution in [0, 0.1) is 0 Å². The van der Waals surface area contributed by atoms with Crippen molar-refractivity contribution in [1.29, 1.82) is 0 Å². The Morgan fingerprint density at radius 3 is 2.00 bits per heavy atom. The molecule has 1 heterocycles. The first kappa shape index (κ1) is 38.5. The van der Waals surface area contributed by atoms with Crippen molar-refractivity contribution in [3.05, 3.63) is 78.4 Å². The molecule has 49 heavy (non-hydrogen) atoms. The average Bonchev–Trinajstić information content (AvgIpc) is 3.36. The van der Waals surface area contributed by atoms with Crippen LogP contribution in [0.1, 0.15) is 78.2 Å². The number of carboxylic acids is 1. The van der Waals surface area contributed by atoms with Gasteiger partial charge in [-0.05, 0) is 80.9 Å². The summed E-state index contributed by atoms with van der Waals surface area (Å²) in [5.74, 6) is -1.06. The van der Waals surface area contributed by atoms with Gasteiger partial charge in [0.05, 0.1) is 16.9 Å². The first-order valence-electron chi connectivity index (χ1n) is 16.9. The second-order valence-electron chi connectivity index (χ2n) is 11.8. The summed E-state index contributed by atoms with van der Waals surface area (Å²) in [6.45, 7) is 8.49. The Bertz CT molecular complexity index is 1680. The Labute approximate surface area is 289 Å². The van der Waals surface area contributed by atoms with Gasteiger partial charge >= 0.3 is 17.9 Å². The Morgan fingerprint density at radius 2 is 1.43 bits per heavy atom. The molecule has 0 bridgehead atoms. The van der Waals surface area contributed by atoms with Crippen LogP contribution in [0.25, 0.3) is 22.2 Å². The van der Waals surface area contributed by atoms with Crippen molar-refractivity contribution in [1.82, 2.24) is 9.88 Å². The fourth-order valence-electron chi connectivity index (χ4n) is 5.57. The van der Waals surface area contributed by atoms with Gasteiger partial charge in [-0.3, -0.25) is 19.2 Å². The Morgan fingerprint density at radius 1 is 0.796 bits per heavy atom. The molecule has 4 aromatic rings. The zero-order valence-corrected chi connectivity index (χ0v) is 29.3. The number of fused-ring (bicyclic) bond motifs is 1. The number of hydrogen-bond donors (Lipinski definition) is 2. The van der Waals surface area contributed by atoms with Gasteiger partial charge in [0.15, 0.2) is 0 Å². The van der Waals surface area contributed by atoms with Crippen molar-refractivity contribution >= 4 is 40.4 Å². The van der Waals surface area contributed by atoms with Crippen molar-refractivity contribution < 1.29 is 33.8 Å². The van der Waals surface area contributed by atoms with Gasteiger partial charge in [-0.2, -0.15) is 0 Å². The third-order valence-corrected chi connectivity index (χ3v) is 7.80. The molecule has 1 aromatic heterocycles. The third kappa shape index (κ3) is 11.9. The SMILES string of the molecule is CC(=O)Oc1ccc(-c2c(N(CCCCCCC(=O)O)C(C)=O)c3cc(OC(C)=O)ccc3n2Cc2ccccc2)cc1.CCCCNC. The van der Waals surface area contributed by atoms with Crippen molar-refractivity contribution in [3.8, 4) is 22.8 Å². The number of amides is 1. The summed E-state index contributed by atoms with van der Waals surface area (Å²) in [5, 5.41) is 12.8. The van der Waals surface area contributed by atoms with E-state index < -0.39 is 17.9 Å². The molecule has 262 valence electrons. The highest BCUT2D eigenvalue weighted by molar-refractivity contribution is 6.10. The molecular formula is C39H49N3O7. The predicted molar refractivity (Wildman–Crippen MR) is 193 cm³/mol. The summed E-state index contributed by atoms with van der Waals surface area (Å²) in [6.07, 6.45) is 5.49. The summed E-state index contributed by atoms with van der Waals surface area (Å²) < 4.78 is 12.8. The Balaban J connectivity index is 0.000000992. The van der Waals surface area contributed by atoms with Crippen molar-refractivity contribution in [2.75, 3.05) is 25.0 Å². The summed E-state index contributed by atoms with van der Waals surface area (Å²) >= 11 is 0. The monoisotopic (exact) mass is 671 g/mol. The predicted octanol–water partition coefficient (Wildman–Crippen LogP) is 7.60. The molecule has 0 saturated heterocycles. The molecule has 0 fully saturated rings. The van der Waals surface area contributed by atoms with E-state index in [0.717, 1.165) is 47.1 Å². The second-order valence-corrected chi connectivity index (χ2v) is 11.8. The van der Waals surface area contributed by atoms with Crippen LogP contribution in [-0.4, -0.2) is 53.6 Å². The minimum Gasteiger partial charge on any atom is -0.481 e. The number of aliphatic carboxylic acids is 1. The van der Waals surface area contributed by atoms with E-state index in [2.05, 4.69) is 16.8 Å². The number of aromatic nitrogens is 1. The van der Waals surface area contributed by atoms with Gasteiger partial charge in [0, 0.05) is 51.2 Å². The summed E-state index contributed by atoms with van der Waals surface area (Å²) in [5.41, 5.74) is 4.18. The maximum Gasteiger partial charge on any atom is 0.308 e. The second kappa shape index (κ2) is 19.8. The van der Waals surface area contributed by atoms with E-state index in [9.17, 15) is 19.2 Å². The van der Waals surface area contributed by atoms with Crippen molar-refractivity contribution in [2.45, 2.75) is 79.2 Å². The fourth-order valence-corrected chi connectivity index (χ4v) is 5.57. The smallest absolute Gasteiger partial charge is 0.308 e. The molecule has 0 aliphatic rings. The third-order valence-electron chi connectivity index (χ3n) is 7.80. The number of esters is 2. The lowest BCUT2D eigenvalue weighted by atomic mass is 10.1. The Kier molecular flexibility index (Phi) is 15.5. The number of carboxylic acid groups (broad SMARTS) is 1. The standard InChI is InChI=1S/C34H36N2O7.C5H13N/c1-23(37)35(20-10-5-4-9-13-32(40)41)34-30-21-29(43-25(3)39)18-19-31(30)36(22-26-11-7-6-8-12-26)33(34)27-14-16-28(17-15-27)42-24(2)38;1-3-4-5-6-2/h6-8,11-12,14-19,21H,4-5,9-10,13,20,22H2,1-3H3,(H,40,41);6H,3-5H2,1-2H3. The zero-order valence-electron chi connectivity index (χ0n) is 29.3. The highest BCUT2D eigenvalue weighted by Crippen LogP contribution is 2.43. The van der Waals surface area contributed by atoms with E-state index in [4.69, 9.17) is 14.6 Å². The van der Waals surface area contributed by atoms with E-state index in [1.54, 1.807) is 29.2 Å². The first-order chi connectivity index (χ1) is 23.5. The van der Waals surface area contributed by atoms with E-state index in [1.165, 1.54) is 33.6 Å². The minimum atomic E-state index is -0.815. The van der Waals surface area contributed by atoms with Gasteiger partial charge in [-0.25, -0.2) is 0 Å². The molecule has 10 heteroatoms. The van der Waals surface area contributed by atoms with Gasteiger partial charge in [0.2, 0.25) is 5.91 Å². The molecular weight excluding hydrogens is 622 g/mol. The molecule has 0 atom stereocenters. The molecule has 0 unspecified atom stereocenters. The maximum absolute atomic E-state index is 13.3. The van der Waals surface area contributed by atoms with Gasteiger partial charge in [0.1, 0.15) is 11.5 Å². The van der Waals surface area contributed by atoms with Crippen LogP contribution in [0.15, 0.2) is 72.8 Å². The molecule has 10 nitrogen and oxygen atoms in total. The highest BCUT2D eigenvalue weighted by atomic mass is 16.5. The number of benzene rings is 3. The average molecular weight is 672 g/mol. The normalized spacial score (nSPS) is 10.6. The number of anilines is 1. The van der Waals surface area contributed by atoms with Crippen LogP contribution in [0.2, 0.25) is 0 Å². The number of nitrogens with one attached hydrogen (secondary N) is 1. The molecule has 0 aliphatic carbocycles. The topological polar surface area (TPSA) is 127 Å². The lowest BCUT2D eigenvalue weighted by molar-refractivity contribution is -0.137. The van der Waals surface area contributed by atoms with Gasteiger partial charge < -0.3 is 29.4 Å². The summed E-state index contributed by atoms with van der Waals surface area (Å²) in [7, 11) is 1.98. The summed E-state index contributed by atoms with van der Waals surface area (Å²) in [6, 6.07) is 22.5. The maximum atomic E-state index is 13.3. The number of nitrogens with zero attached hydrogens (tertiary/aromatic N) is 2. The zero-order chi connectivity index (χ0) is 35.8. The molecule has 0 aliphatic heterocycles. The molecule has 4 rings (SSSR count). The molecule has 0 spiro atoms. The van der Waals surface area contributed by atoms with Crippen LogP contribution in [0.4, 0.5) is 5.69 Å². The Hall–Kier alpha value is -4.96. The molecule has 0 saturated carbocycles. The van der Waals surface area contributed by atoms with Crippen LogP contribution in [-0.2, 0) is 25.7 Å². The number of rotatable bonds is 16. The first-order valence-corrected chi connectivity index (χ1v) is 16.9. The van der Waals surface area contributed by atoms with Crippen LogP contribution in [0.3, 0.4) is 0 Å². The van der Waals surface area contributed by atoms with Crippen LogP contribution in [0.5, 0.6) is 11.5 Å². The van der Waals surface area contributed by atoms with Gasteiger partial charge in [-0.15, -0.1) is 0 Å². The fraction of sp³-hybridized carbons (Fsp3) is 0.385. The van der Waals surface area contributed by atoms with Crippen LogP contribution >= 0.6 is 0 Å². The van der Waals surface area contributed by atoms with Crippen molar-refractivity contribution in [3.63, 3.8) is 0 Å². The lowest BCUT2D eigenvalue weighted by Crippen LogP contribution is -2.30. The number of hydrogen-bond acceptors (Lipinski definition) is 7. The molecule has 1 amide bonds. The lowest BCUT2D eigenvalue weighted by Gasteiger charge is -2.24. The highest BCUT2D eigenvalue weighted by Gasteiger charge is 2.26. The summed E-state index contributed by atoms with van der Waals surface area (Å²) in [4.78, 5) is 49.3.